The molecule has 0 radical (unpaired) electrons. The maximum atomic E-state index is 13.0. The summed E-state index contributed by atoms with van der Waals surface area (Å²) in [7, 11) is 0. The van der Waals surface area contributed by atoms with Crippen LogP contribution in [0.3, 0.4) is 0 Å². The average molecular weight is 407 g/mol. The third kappa shape index (κ3) is 4.35. The predicted molar refractivity (Wildman–Crippen MR) is 117 cm³/mol. The summed E-state index contributed by atoms with van der Waals surface area (Å²) in [5.74, 6) is -0.744. The summed E-state index contributed by atoms with van der Waals surface area (Å²) in [5, 5.41) is 2.24. The van der Waals surface area contributed by atoms with E-state index in [4.69, 9.17) is 4.74 Å². The monoisotopic (exact) mass is 407 g/mol. The van der Waals surface area contributed by atoms with Crippen LogP contribution in [0, 0.1) is 0 Å². The predicted octanol–water partition coefficient (Wildman–Crippen LogP) is 3.60. The number of ether oxygens (including phenoxy) is 1. The van der Waals surface area contributed by atoms with Gasteiger partial charge in [0.25, 0.3) is 11.8 Å². The van der Waals surface area contributed by atoms with Crippen LogP contribution in [0.2, 0.25) is 0 Å². The molecule has 1 fully saturated rings. The van der Waals surface area contributed by atoms with Crippen molar-refractivity contribution in [1.82, 2.24) is 5.32 Å². The molecule has 0 aromatic heterocycles. The van der Waals surface area contributed by atoms with Gasteiger partial charge >= 0.3 is 6.03 Å². The third-order valence-corrected chi connectivity index (χ3v) is 4.84. The van der Waals surface area contributed by atoms with Gasteiger partial charge in [-0.05, 0) is 68.8 Å². The van der Waals surface area contributed by atoms with E-state index in [2.05, 4.69) is 24.1 Å². The van der Waals surface area contributed by atoms with E-state index in [1.807, 2.05) is 31.2 Å². The van der Waals surface area contributed by atoms with Crippen molar-refractivity contribution in [2.45, 2.75) is 20.8 Å². The van der Waals surface area contributed by atoms with E-state index in [0.29, 0.717) is 23.6 Å². The molecule has 0 aliphatic carbocycles. The summed E-state index contributed by atoms with van der Waals surface area (Å²) in [4.78, 5) is 40.8. The first-order valence-electron chi connectivity index (χ1n) is 9.97. The van der Waals surface area contributed by atoms with Crippen LogP contribution in [0.15, 0.2) is 54.1 Å². The number of carbonyl (C=O) groups excluding carboxylic acids is 3. The number of hydrogen-bond donors (Lipinski definition) is 1. The summed E-state index contributed by atoms with van der Waals surface area (Å²) in [6.45, 7) is 8.31. The first-order valence-corrected chi connectivity index (χ1v) is 9.97. The maximum Gasteiger partial charge on any atom is 0.335 e. The lowest BCUT2D eigenvalue weighted by molar-refractivity contribution is -0.122. The summed E-state index contributed by atoms with van der Waals surface area (Å²) in [6.07, 6.45) is 1.50. The van der Waals surface area contributed by atoms with E-state index in [1.165, 1.54) is 6.08 Å². The van der Waals surface area contributed by atoms with E-state index in [1.54, 1.807) is 24.3 Å². The summed E-state index contributed by atoms with van der Waals surface area (Å²) >= 11 is 0. The highest BCUT2D eigenvalue weighted by Crippen LogP contribution is 2.25. The number of anilines is 2. The number of amides is 4. The summed E-state index contributed by atoms with van der Waals surface area (Å²) < 4.78 is 5.39. The van der Waals surface area contributed by atoms with E-state index < -0.39 is 17.8 Å². The maximum absolute atomic E-state index is 13.0. The van der Waals surface area contributed by atoms with Gasteiger partial charge in [-0.3, -0.25) is 14.9 Å². The molecule has 3 rings (SSSR count). The fourth-order valence-electron chi connectivity index (χ4n) is 3.29. The molecular weight excluding hydrogens is 382 g/mol. The molecule has 1 aliphatic rings. The highest BCUT2D eigenvalue weighted by atomic mass is 16.5. The van der Waals surface area contributed by atoms with Crippen molar-refractivity contribution in [2.24, 2.45) is 0 Å². The fourth-order valence-corrected chi connectivity index (χ4v) is 3.29. The zero-order chi connectivity index (χ0) is 21.7. The van der Waals surface area contributed by atoms with Crippen LogP contribution in [0.1, 0.15) is 26.3 Å². The Balaban J connectivity index is 1.88. The van der Waals surface area contributed by atoms with Gasteiger partial charge in [-0.15, -0.1) is 0 Å². The van der Waals surface area contributed by atoms with Crippen molar-refractivity contribution in [3.8, 4) is 5.75 Å². The van der Waals surface area contributed by atoms with Gasteiger partial charge in [0, 0.05) is 18.8 Å². The smallest absolute Gasteiger partial charge is 0.335 e. The zero-order valence-electron chi connectivity index (χ0n) is 17.3. The Morgan fingerprint density at radius 3 is 2.13 bits per heavy atom. The second-order valence-corrected chi connectivity index (χ2v) is 6.65. The van der Waals surface area contributed by atoms with Crippen LogP contribution in [-0.4, -0.2) is 37.5 Å². The van der Waals surface area contributed by atoms with E-state index in [-0.39, 0.29) is 5.57 Å². The van der Waals surface area contributed by atoms with Gasteiger partial charge in [-0.2, -0.15) is 0 Å². The van der Waals surface area contributed by atoms with Crippen molar-refractivity contribution in [3.05, 3.63) is 59.7 Å². The molecule has 2 aromatic carbocycles. The quantitative estimate of drug-likeness (QED) is 0.560. The molecule has 2 aromatic rings. The van der Waals surface area contributed by atoms with Gasteiger partial charge in [-0.1, -0.05) is 12.1 Å². The van der Waals surface area contributed by atoms with Gasteiger partial charge in [-0.25, -0.2) is 9.69 Å². The molecule has 156 valence electrons. The zero-order valence-corrected chi connectivity index (χ0v) is 17.3. The highest BCUT2D eigenvalue weighted by molar-refractivity contribution is 6.39. The number of barbiturate groups is 1. The lowest BCUT2D eigenvalue weighted by Gasteiger charge is -2.26. The van der Waals surface area contributed by atoms with E-state index in [9.17, 15) is 14.4 Å². The Labute approximate surface area is 175 Å². The second kappa shape index (κ2) is 9.26. The Morgan fingerprint density at radius 2 is 1.57 bits per heavy atom. The Bertz CT molecular complexity index is 961. The van der Waals surface area contributed by atoms with Gasteiger partial charge in [0.05, 0.1) is 12.3 Å². The number of imide groups is 2. The average Bonchev–Trinajstić information content (AvgIpc) is 2.74. The molecule has 7 nitrogen and oxygen atoms in total. The van der Waals surface area contributed by atoms with Crippen molar-refractivity contribution in [1.29, 1.82) is 0 Å². The van der Waals surface area contributed by atoms with Crippen LogP contribution in [0.4, 0.5) is 16.2 Å². The number of nitrogens with zero attached hydrogens (tertiary/aromatic N) is 2. The molecule has 30 heavy (non-hydrogen) atoms. The van der Waals surface area contributed by atoms with Crippen LogP contribution in [-0.2, 0) is 9.59 Å². The molecule has 0 bridgehead atoms. The third-order valence-electron chi connectivity index (χ3n) is 4.84. The molecule has 1 N–H and O–H groups in total. The molecule has 1 saturated heterocycles. The lowest BCUT2D eigenvalue weighted by atomic mass is 10.1. The van der Waals surface area contributed by atoms with Crippen LogP contribution < -0.4 is 19.9 Å². The van der Waals surface area contributed by atoms with E-state index in [0.717, 1.165) is 23.7 Å². The van der Waals surface area contributed by atoms with Crippen LogP contribution in [0.25, 0.3) is 6.08 Å². The molecule has 0 spiro atoms. The first-order chi connectivity index (χ1) is 14.5. The van der Waals surface area contributed by atoms with Crippen molar-refractivity contribution in [3.63, 3.8) is 0 Å². The number of carbonyl (C=O) groups is 3. The number of rotatable bonds is 7. The Hall–Kier alpha value is -3.61. The van der Waals surface area contributed by atoms with Crippen LogP contribution >= 0.6 is 0 Å². The minimum atomic E-state index is -0.775. The number of urea groups is 1. The minimum absolute atomic E-state index is 0.0981. The normalized spacial score (nSPS) is 15.4. The lowest BCUT2D eigenvalue weighted by Crippen LogP contribution is -2.54. The standard InChI is InChI=1S/C23H25N3O4/c1-4-25(5-2)17-9-7-16(8-10-17)15-20-21(27)24-23(29)26(22(20)28)18-11-13-19(14-12-18)30-6-3/h7-15H,4-6H2,1-3H3,(H,24,27,29)/b20-15+. The van der Waals surface area contributed by atoms with Crippen molar-refractivity contribution >= 4 is 35.3 Å². The molecule has 1 aliphatic heterocycles. The van der Waals surface area contributed by atoms with Gasteiger partial charge in [0.15, 0.2) is 0 Å². The first kappa shape index (κ1) is 21.1. The molecule has 0 atom stereocenters. The number of benzene rings is 2. The minimum Gasteiger partial charge on any atom is -0.494 e. The molecular formula is C23H25N3O4. The number of hydrogen-bond acceptors (Lipinski definition) is 5. The SMILES string of the molecule is CCOc1ccc(N2C(=O)NC(=O)/C(=C\c3ccc(N(CC)CC)cc3)C2=O)cc1. The number of nitrogens with one attached hydrogen (secondary N) is 1. The Kier molecular flexibility index (Phi) is 6.51. The summed E-state index contributed by atoms with van der Waals surface area (Å²) in [6, 6.07) is 13.4. The second-order valence-electron chi connectivity index (χ2n) is 6.65. The van der Waals surface area contributed by atoms with Gasteiger partial charge in [0.2, 0.25) is 0 Å². The molecule has 1 heterocycles. The summed E-state index contributed by atoms with van der Waals surface area (Å²) in [5.41, 5.74) is 2.02. The van der Waals surface area contributed by atoms with Crippen LogP contribution in [0.5, 0.6) is 5.75 Å². The van der Waals surface area contributed by atoms with Gasteiger partial charge in [0.1, 0.15) is 11.3 Å². The molecule has 0 unspecified atom stereocenters. The topological polar surface area (TPSA) is 79.0 Å². The molecule has 7 heteroatoms. The highest BCUT2D eigenvalue weighted by Gasteiger charge is 2.36. The Morgan fingerprint density at radius 1 is 0.933 bits per heavy atom. The molecule has 0 saturated carbocycles. The van der Waals surface area contributed by atoms with E-state index >= 15 is 0 Å². The van der Waals surface area contributed by atoms with Gasteiger partial charge < -0.3 is 9.64 Å². The largest absolute Gasteiger partial charge is 0.494 e. The van der Waals surface area contributed by atoms with Crippen molar-refractivity contribution in [2.75, 3.05) is 29.5 Å². The van der Waals surface area contributed by atoms with Crippen molar-refractivity contribution < 1.29 is 19.1 Å². The molecule has 4 amide bonds. The fraction of sp³-hybridized carbons (Fsp3) is 0.261.